The fourth-order valence-electron chi connectivity index (χ4n) is 6.78. The molecule has 0 bridgehead atoms. The molecule has 0 spiro atoms. The second kappa shape index (κ2) is 16.1. The van der Waals surface area contributed by atoms with Crippen molar-refractivity contribution in [1.29, 1.82) is 0 Å². The van der Waals surface area contributed by atoms with Gasteiger partial charge in [0.2, 0.25) is 0 Å². The third-order valence-electron chi connectivity index (χ3n) is 9.50. The van der Waals surface area contributed by atoms with Crippen molar-refractivity contribution >= 4 is 87.5 Å². The molecule has 0 N–H and O–H groups in total. The summed E-state index contributed by atoms with van der Waals surface area (Å²) in [4.78, 5) is 63.2. The molecule has 0 radical (unpaired) electrons. The summed E-state index contributed by atoms with van der Waals surface area (Å²) in [5.74, 6) is 0. The number of rotatable bonds is 0. The average molecular weight is 789 g/mol. The van der Waals surface area contributed by atoms with Crippen LogP contribution >= 0.6 is 0 Å². The van der Waals surface area contributed by atoms with E-state index in [2.05, 4.69) is 19.9 Å². The molecule has 0 atom stereocenters. The summed E-state index contributed by atoms with van der Waals surface area (Å²) in [5.41, 5.74) is 3.77. The molecule has 12 heteroatoms. The lowest BCUT2D eigenvalue weighted by atomic mass is 10.1. The maximum Gasteiger partial charge on any atom is 0.345 e. The molecule has 0 aliphatic heterocycles. The number of aromatic nitrogens is 4. The first-order valence-electron chi connectivity index (χ1n) is 18.5. The van der Waals surface area contributed by atoms with Gasteiger partial charge in [-0.25, -0.2) is 19.2 Å². The van der Waals surface area contributed by atoms with Gasteiger partial charge in [-0.05, 0) is 84.9 Å². The van der Waals surface area contributed by atoms with Crippen molar-refractivity contribution in [3.05, 3.63) is 212 Å². The fourth-order valence-corrected chi connectivity index (χ4v) is 6.78. The van der Waals surface area contributed by atoms with Crippen LogP contribution < -0.4 is 22.5 Å². The lowest BCUT2D eigenvalue weighted by molar-refractivity contribution is 0.568. The minimum absolute atomic E-state index is 0.314. The van der Waals surface area contributed by atoms with E-state index >= 15 is 0 Å². The highest BCUT2D eigenvalue weighted by Gasteiger charge is 2.09. The Hall–Kier alpha value is -8.64. The third kappa shape index (κ3) is 7.12. The van der Waals surface area contributed by atoms with Gasteiger partial charge in [0.25, 0.3) is 0 Å². The van der Waals surface area contributed by atoms with Crippen molar-refractivity contribution in [2.75, 3.05) is 0 Å². The molecule has 12 nitrogen and oxygen atoms in total. The monoisotopic (exact) mass is 788 g/mol. The molecule has 12 rings (SSSR count). The van der Waals surface area contributed by atoms with Gasteiger partial charge >= 0.3 is 22.5 Å². The van der Waals surface area contributed by atoms with Crippen molar-refractivity contribution < 1.29 is 17.7 Å². The number of fused-ring (bicyclic) bond motifs is 12. The van der Waals surface area contributed by atoms with Crippen LogP contribution in [0.5, 0.6) is 0 Å². The minimum atomic E-state index is -0.336. The predicted octanol–water partition coefficient (Wildman–Crippen LogP) is 9.36. The van der Waals surface area contributed by atoms with E-state index in [1.165, 1.54) is 0 Å². The summed E-state index contributed by atoms with van der Waals surface area (Å²) in [6.07, 6.45) is 6.73. The Morgan fingerprint density at radius 2 is 0.517 bits per heavy atom. The topological polar surface area (TPSA) is 172 Å². The molecule has 12 aromatic rings. The molecule has 288 valence electrons. The van der Waals surface area contributed by atoms with E-state index in [0.29, 0.717) is 54.9 Å². The molecule has 8 aromatic heterocycles. The van der Waals surface area contributed by atoms with Gasteiger partial charge in [-0.2, -0.15) is 0 Å². The van der Waals surface area contributed by atoms with Crippen molar-refractivity contribution in [1.82, 2.24) is 19.9 Å². The van der Waals surface area contributed by atoms with E-state index in [4.69, 9.17) is 17.7 Å². The molecule has 8 heterocycles. The smallest absolute Gasteiger partial charge is 0.345 e. The van der Waals surface area contributed by atoms with E-state index in [9.17, 15) is 19.2 Å². The molecule has 4 aromatic carbocycles. The van der Waals surface area contributed by atoms with Gasteiger partial charge in [0, 0.05) is 46.3 Å². The van der Waals surface area contributed by atoms with Crippen LogP contribution in [0.1, 0.15) is 0 Å². The fraction of sp³-hybridized carbons (Fsp3) is 0. The zero-order chi connectivity index (χ0) is 41.0. The summed E-state index contributed by atoms with van der Waals surface area (Å²) >= 11 is 0. The molecule has 0 amide bonds. The van der Waals surface area contributed by atoms with Crippen LogP contribution in [0.15, 0.2) is 207 Å². The summed E-state index contributed by atoms with van der Waals surface area (Å²) < 4.78 is 20.7. The predicted molar refractivity (Wildman–Crippen MR) is 231 cm³/mol. The largest absolute Gasteiger partial charge is 0.422 e. The van der Waals surface area contributed by atoms with Crippen molar-refractivity contribution in [2.45, 2.75) is 0 Å². The van der Waals surface area contributed by atoms with Gasteiger partial charge in [-0.3, -0.25) is 19.9 Å². The number of pyridine rings is 4. The standard InChI is InChI=1S/4C12H7NO2/c2*14-12-9-5-3-7-13-11(9)8-4-1-2-6-10(8)15-12;2*14-12-9-5-2-1-4-8(9)11-10(15-12)6-3-7-13-11/h4*1-7H. The molecule has 0 saturated carbocycles. The third-order valence-corrected chi connectivity index (χ3v) is 9.50. The first-order chi connectivity index (χ1) is 29.4. The Morgan fingerprint density at radius 3 is 0.933 bits per heavy atom. The van der Waals surface area contributed by atoms with Crippen LogP contribution in [0.4, 0.5) is 0 Å². The number of hydrogen-bond donors (Lipinski definition) is 0. The molecular formula is C48H28N4O8. The van der Waals surface area contributed by atoms with Crippen molar-refractivity contribution in [2.24, 2.45) is 0 Å². The van der Waals surface area contributed by atoms with E-state index in [0.717, 1.165) is 32.6 Å². The first kappa shape index (κ1) is 37.0. The summed E-state index contributed by atoms with van der Waals surface area (Å²) in [6, 6.07) is 43.3. The Bertz CT molecular complexity index is 3300. The van der Waals surface area contributed by atoms with Crippen molar-refractivity contribution in [3.8, 4) is 0 Å². The second-order valence-electron chi connectivity index (χ2n) is 13.1. The molecule has 0 unspecified atom stereocenters. The number of hydrogen-bond acceptors (Lipinski definition) is 12. The van der Waals surface area contributed by atoms with Gasteiger partial charge in [0.05, 0.1) is 32.6 Å². The first-order valence-corrected chi connectivity index (χ1v) is 18.5. The summed E-state index contributed by atoms with van der Waals surface area (Å²) in [7, 11) is 0. The minimum Gasteiger partial charge on any atom is -0.422 e. The van der Waals surface area contributed by atoms with E-state index < -0.39 is 0 Å². The summed E-state index contributed by atoms with van der Waals surface area (Å²) in [6.45, 7) is 0. The lowest BCUT2D eigenvalue weighted by Crippen LogP contribution is -2.00. The Kier molecular flexibility index (Phi) is 9.91. The van der Waals surface area contributed by atoms with Gasteiger partial charge < -0.3 is 17.7 Å². The zero-order valence-corrected chi connectivity index (χ0v) is 31.2. The molecule has 0 fully saturated rings. The van der Waals surface area contributed by atoms with E-state index in [1.807, 2.05) is 72.8 Å². The van der Waals surface area contributed by atoms with Crippen molar-refractivity contribution in [3.63, 3.8) is 0 Å². The van der Waals surface area contributed by atoms with Crippen LogP contribution in [0.25, 0.3) is 87.5 Å². The molecule has 60 heavy (non-hydrogen) atoms. The van der Waals surface area contributed by atoms with Crippen LogP contribution in [0.3, 0.4) is 0 Å². The molecule has 0 aliphatic carbocycles. The van der Waals surface area contributed by atoms with Crippen LogP contribution in [0.2, 0.25) is 0 Å². The van der Waals surface area contributed by atoms with Gasteiger partial charge in [-0.15, -0.1) is 0 Å². The van der Waals surface area contributed by atoms with E-state index in [-0.39, 0.29) is 22.5 Å². The second-order valence-corrected chi connectivity index (χ2v) is 13.1. The average Bonchev–Trinajstić information content (AvgIpc) is 3.30. The summed E-state index contributed by atoms with van der Waals surface area (Å²) in [5, 5.41) is 5.61. The van der Waals surface area contributed by atoms with Gasteiger partial charge in [-0.1, -0.05) is 60.7 Å². The number of benzene rings is 4. The van der Waals surface area contributed by atoms with Crippen LogP contribution in [-0.4, -0.2) is 19.9 Å². The van der Waals surface area contributed by atoms with Gasteiger partial charge in [0.15, 0.2) is 11.2 Å². The number of nitrogens with zero attached hydrogens (tertiary/aromatic N) is 4. The molecular weight excluding hydrogens is 761 g/mol. The quantitative estimate of drug-likeness (QED) is 0.105. The Balaban J connectivity index is 0.000000103. The maximum absolute atomic E-state index is 11.6. The highest BCUT2D eigenvalue weighted by molar-refractivity contribution is 6.04. The zero-order valence-electron chi connectivity index (χ0n) is 31.2. The number of para-hydroxylation sites is 2. The highest BCUT2D eigenvalue weighted by Crippen LogP contribution is 2.23. The normalized spacial score (nSPS) is 10.9. The van der Waals surface area contributed by atoms with Gasteiger partial charge in [0.1, 0.15) is 22.2 Å². The maximum atomic E-state index is 11.6. The highest BCUT2D eigenvalue weighted by atomic mass is 16.4. The lowest BCUT2D eigenvalue weighted by Gasteiger charge is -1.99. The van der Waals surface area contributed by atoms with Crippen LogP contribution in [-0.2, 0) is 0 Å². The molecule has 0 saturated heterocycles. The van der Waals surface area contributed by atoms with Crippen LogP contribution in [0, 0.1) is 0 Å². The van der Waals surface area contributed by atoms with E-state index in [1.54, 1.807) is 97.6 Å². The Morgan fingerprint density at radius 1 is 0.250 bits per heavy atom. The molecule has 0 aliphatic rings. The SMILES string of the molecule is O=c1oc2ccccc2c2ncccc12.O=c1oc2ccccc2c2ncccc12.O=c1oc2cccnc2c2ccccc12.O=c1oc2cccnc2c2ccccc12. The Labute approximate surface area is 336 Å².